The van der Waals surface area contributed by atoms with Crippen LogP contribution in [0, 0.1) is 0 Å². The average Bonchev–Trinajstić information content (AvgIpc) is 3.44. The van der Waals surface area contributed by atoms with Crippen molar-refractivity contribution in [3.05, 3.63) is 70.1 Å². The number of nitrogens with one attached hydrogen (secondary N) is 1. The summed E-state index contributed by atoms with van der Waals surface area (Å²) in [5.41, 5.74) is 4.40. The molecule has 0 atom stereocenters. The minimum absolute atomic E-state index is 0.00877. The number of hydrogen-bond donors (Lipinski definition) is 1. The fourth-order valence-corrected chi connectivity index (χ4v) is 5.40. The van der Waals surface area contributed by atoms with Crippen LogP contribution in [0.5, 0.6) is 0 Å². The summed E-state index contributed by atoms with van der Waals surface area (Å²) in [5, 5.41) is 3.13. The Kier molecular flexibility index (Phi) is 7.23. The van der Waals surface area contributed by atoms with E-state index in [4.69, 9.17) is 14.5 Å². The summed E-state index contributed by atoms with van der Waals surface area (Å²) in [6.45, 7) is 5.12. The van der Waals surface area contributed by atoms with Gasteiger partial charge in [-0.25, -0.2) is 9.78 Å². The third kappa shape index (κ3) is 5.05. The first kappa shape index (κ1) is 26.0. The van der Waals surface area contributed by atoms with E-state index in [-0.39, 0.29) is 23.3 Å². The fraction of sp³-hybridized carbons (Fsp3) is 0.379. The molecule has 4 heterocycles. The molecule has 0 saturated carbocycles. The Bertz CT molecular complexity index is 1480. The van der Waals surface area contributed by atoms with Gasteiger partial charge in [0.2, 0.25) is 0 Å². The van der Waals surface area contributed by atoms with Crippen LogP contribution in [0.1, 0.15) is 15.9 Å². The molecule has 0 aliphatic carbocycles. The van der Waals surface area contributed by atoms with Crippen LogP contribution < -0.4 is 15.8 Å². The number of aryl methyl sites for hydroxylation is 1. The number of rotatable bonds is 4. The molecular formula is C29H32N6O5. The van der Waals surface area contributed by atoms with Crippen molar-refractivity contribution in [2.75, 3.05) is 69.4 Å². The minimum Gasteiger partial charge on any atom is -0.378 e. The van der Waals surface area contributed by atoms with Gasteiger partial charge in [-0.1, -0.05) is 12.1 Å². The van der Waals surface area contributed by atoms with Crippen LogP contribution in [0.25, 0.3) is 11.3 Å². The topological polar surface area (TPSA) is 109 Å². The number of ether oxygens (including phenoxy) is 2. The molecule has 2 aromatic carbocycles. The second-order valence-electron chi connectivity index (χ2n) is 10.1. The zero-order chi connectivity index (χ0) is 27.6. The van der Waals surface area contributed by atoms with E-state index < -0.39 is 0 Å². The van der Waals surface area contributed by atoms with Gasteiger partial charge in [-0.05, 0) is 42.3 Å². The minimum atomic E-state index is -0.270. The first-order valence-corrected chi connectivity index (χ1v) is 13.6. The lowest BCUT2D eigenvalue weighted by Gasteiger charge is -2.31. The van der Waals surface area contributed by atoms with E-state index in [0.717, 1.165) is 16.8 Å². The van der Waals surface area contributed by atoms with Crippen molar-refractivity contribution in [1.29, 1.82) is 0 Å². The molecule has 208 valence electrons. The maximum atomic E-state index is 13.2. The van der Waals surface area contributed by atoms with Gasteiger partial charge in [0.1, 0.15) is 0 Å². The summed E-state index contributed by atoms with van der Waals surface area (Å²) < 4.78 is 12.2. The van der Waals surface area contributed by atoms with Crippen molar-refractivity contribution in [3.63, 3.8) is 0 Å². The number of morpholine rings is 2. The van der Waals surface area contributed by atoms with E-state index in [1.165, 1.54) is 4.57 Å². The number of carbonyl (C=O) groups is 2. The SMILES string of the molecule is Cn1cc(-c2cccc3c2CCN3C(=O)N2CCOCC2)nc(Nc2ccc(C(=O)N3CCOCC3)cc2)c1=O. The standard InChI is InChI=1S/C29H32N6O5/c1-32-19-24(22-3-2-4-25-23(22)9-10-35(25)29(38)34-13-17-40-18-14-34)31-26(28(32)37)30-21-7-5-20(6-8-21)27(36)33-11-15-39-16-12-33/h2-8,19H,9-18H2,1H3,(H,30,31). The zero-order valence-corrected chi connectivity index (χ0v) is 22.5. The monoisotopic (exact) mass is 544 g/mol. The highest BCUT2D eigenvalue weighted by Gasteiger charge is 2.31. The van der Waals surface area contributed by atoms with Crippen LogP contribution in [0.3, 0.4) is 0 Å². The highest BCUT2D eigenvalue weighted by Crippen LogP contribution is 2.36. The van der Waals surface area contributed by atoms with Gasteiger partial charge in [0.05, 0.1) is 32.1 Å². The second-order valence-corrected chi connectivity index (χ2v) is 10.1. The van der Waals surface area contributed by atoms with E-state index in [1.807, 2.05) is 28.0 Å². The van der Waals surface area contributed by atoms with Gasteiger partial charge >= 0.3 is 6.03 Å². The van der Waals surface area contributed by atoms with E-state index in [2.05, 4.69) is 5.32 Å². The molecule has 0 bridgehead atoms. The number of fused-ring (bicyclic) bond motifs is 1. The van der Waals surface area contributed by atoms with Crippen LogP contribution in [-0.4, -0.2) is 90.4 Å². The van der Waals surface area contributed by atoms with E-state index in [0.29, 0.717) is 82.5 Å². The van der Waals surface area contributed by atoms with Crippen molar-refractivity contribution in [3.8, 4) is 11.3 Å². The Morgan fingerprint density at radius 1 is 0.875 bits per heavy atom. The molecule has 6 rings (SSSR count). The van der Waals surface area contributed by atoms with Crippen molar-refractivity contribution >= 4 is 29.1 Å². The molecule has 11 heteroatoms. The van der Waals surface area contributed by atoms with Gasteiger partial charge < -0.3 is 29.2 Å². The molecule has 3 amide bonds. The Balaban J connectivity index is 1.24. The Morgan fingerprint density at radius 3 is 2.25 bits per heavy atom. The molecule has 1 aromatic heterocycles. The van der Waals surface area contributed by atoms with E-state index in [1.54, 1.807) is 42.4 Å². The normalized spacial score (nSPS) is 17.1. The summed E-state index contributed by atoms with van der Waals surface area (Å²) >= 11 is 0. The predicted molar refractivity (Wildman–Crippen MR) is 150 cm³/mol. The van der Waals surface area contributed by atoms with Crippen LogP contribution in [0.2, 0.25) is 0 Å². The third-order valence-electron chi connectivity index (χ3n) is 7.58. The van der Waals surface area contributed by atoms with Gasteiger partial charge in [0.25, 0.3) is 11.5 Å². The highest BCUT2D eigenvalue weighted by molar-refractivity contribution is 5.96. The zero-order valence-electron chi connectivity index (χ0n) is 22.5. The van der Waals surface area contributed by atoms with Gasteiger partial charge in [0, 0.05) is 68.5 Å². The Labute approximate surface area is 231 Å². The Hall–Kier alpha value is -4.22. The summed E-state index contributed by atoms with van der Waals surface area (Å²) in [5.74, 6) is 0.147. The van der Waals surface area contributed by atoms with Crippen LogP contribution in [0.4, 0.5) is 22.0 Å². The Morgan fingerprint density at radius 2 is 1.55 bits per heavy atom. The number of nitrogens with zero attached hydrogens (tertiary/aromatic N) is 5. The summed E-state index contributed by atoms with van der Waals surface area (Å²) in [6.07, 6.45) is 2.42. The van der Waals surface area contributed by atoms with E-state index in [9.17, 15) is 14.4 Å². The molecule has 40 heavy (non-hydrogen) atoms. The van der Waals surface area contributed by atoms with Gasteiger partial charge in [-0.3, -0.25) is 14.5 Å². The maximum absolute atomic E-state index is 13.2. The van der Waals surface area contributed by atoms with Crippen LogP contribution >= 0.6 is 0 Å². The molecule has 0 radical (unpaired) electrons. The smallest absolute Gasteiger partial charge is 0.324 e. The summed E-state index contributed by atoms with van der Waals surface area (Å²) in [6, 6.07) is 12.9. The largest absolute Gasteiger partial charge is 0.378 e. The van der Waals surface area contributed by atoms with Crippen molar-refractivity contribution < 1.29 is 19.1 Å². The molecule has 3 aromatic rings. The van der Waals surface area contributed by atoms with Gasteiger partial charge in [0.15, 0.2) is 5.82 Å². The van der Waals surface area contributed by atoms with Crippen molar-refractivity contribution in [2.45, 2.75) is 6.42 Å². The number of urea groups is 1. The molecule has 0 spiro atoms. The van der Waals surface area contributed by atoms with Crippen molar-refractivity contribution in [1.82, 2.24) is 19.4 Å². The fourth-order valence-electron chi connectivity index (χ4n) is 5.40. The number of aromatic nitrogens is 2. The second kappa shape index (κ2) is 11.1. The third-order valence-corrected chi connectivity index (χ3v) is 7.58. The lowest BCUT2D eigenvalue weighted by Crippen LogP contribution is -2.47. The van der Waals surface area contributed by atoms with Crippen LogP contribution in [0.15, 0.2) is 53.5 Å². The molecule has 3 aliphatic heterocycles. The number of amides is 3. The lowest BCUT2D eigenvalue weighted by atomic mass is 10.0. The maximum Gasteiger partial charge on any atom is 0.324 e. The molecule has 2 saturated heterocycles. The number of hydrogen-bond acceptors (Lipinski definition) is 7. The number of anilines is 3. The lowest BCUT2D eigenvalue weighted by molar-refractivity contribution is 0.0303. The molecule has 3 aliphatic rings. The first-order chi connectivity index (χ1) is 19.5. The van der Waals surface area contributed by atoms with Gasteiger partial charge in [-0.15, -0.1) is 0 Å². The summed E-state index contributed by atoms with van der Waals surface area (Å²) in [7, 11) is 1.69. The van der Waals surface area contributed by atoms with E-state index >= 15 is 0 Å². The quantitative estimate of drug-likeness (QED) is 0.538. The van der Waals surface area contributed by atoms with Crippen molar-refractivity contribution in [2.24, 2.45) is 7.05 Å². The van der Waals surface area contributed by atoms with Gasteiger partial charge in [-0.2, -0.15) is 0 Å². The predicted octanol–water partition coefficient (Wildman–Crippen LogP) is 2.48. The molecule has 1 N–H and O–H groups in total. The average molecular weight is 545 g/mol. The number of carbonyl (C=O) groups excluding carboxylic acids is 2. The first-order valence-electron chi connectivity index (χ1n) is 13.6. The van der Waals surface area contributed by atoms with Crippen LogP contribution in [-0.2, 0) is 22.9 Å². The molecule has 0 unspecified atom stereocenters. The number of benzene rings is 2. The highest BCUT2D eigenvalue weighted by atomic mass is 16.5. The molecular weight excluding hydrogens is 512 g/mol. The summed E-state index contributed by atoms with van der Waals surface area (Å²) in [4.78, 5) is 49.1. The molecule has 11 nitrogen and oxygen atoms in total. The molecule has 2 fully saturated rings.